The maximum Gasteiger partial charge on any atom is 0.262 e. The highest BCUT2D eigenvalue weighted by Crippen LogP contribution is 2.35. The standard InChI is InChI=1S/C45H51N15O4/c1-27-6-11-37(41(61)47-27)59-43(63)33-9-8-32(26-34(33)44(59)64)57-20-16-55(17-21-57)14-5-15-56-18-22-58(23-19-56)38-24-30(12-13-46-38)40-35-25-31(7-10-36(35)49-50-40)48-42(62)39-28(2)54(4)45-51-52-53-60(45)29(39)3/h7-10,12-13,24-26,29,37H,1,5-6,11,14-23H2,2-4H3,(H,47,61)(H,48,62)(H,49,50)/t29-,37?/m1/s1. The van der Waals surface area contributed by atoms with Crippen molar-refractivity contribution in [2.24, 2.45) is 0 Å². The number of hydrogen-bond acceptors (Lipinski definition) is 14. The Hall–Kier alpha value is -6.99. The zero-order chi connectivity index (χ0) is 44.2. The summed E-state index contributed by atoms with van der Waals surface area (Å²) in [5, 5.41) is 26.5. The van der Waals surface area contributed by atoms with Crippen LogP contribution in [0.1, 0.15) is 59.9 Å². The van der Waals surface area contributed by atoms with Gasteiger partial charge >= 0.3 is 0 Å². The number of aromatic amines is 1. The third kappa shape index (κ3) is 7.42. The van der Waals surface area contributed by atoms with Crippen LogP contribution in [-0.4, -0.2) is 152 Å². The summed E-state index contributed by atoms with van der Waals surface area (Å²) in [7, 11) is 1.85. The highest BCUT2D eigenvalue weighted by Gasteiger charge is 2.44. The molecule has 19 nitrogen and oxygen atoms in total. The van der Waals surface area contributed by atoms with Crippen LogP contribution in [0.15, 0.2) is 78.3 Å². The molecule has 0 spiro atoms. The van der Waals surface area contributed by atoms with Gasteiger partial charge in [-0.15, -0.1) is 0 Å². The Kier molecular flexibility index (Phi) is 10.7. The van der Waals surface area contributed by atoms with Gasteiger partial charge in [0.25, 0.3) is 17.7 Å². The van der Waals surface area contributed by atoms with E-state index in [1.807, 2.05) is 68.4 Å². The molecule has 0 aliphatic carbocycles. The Labute approximate surface area is 369 Å². The number of imide groups is 1. The number of aromatic nitrogens is 7. The van der Waals surface area contributed by atoms with Crippen LogP contribution >= 0.6 is 0 Å². The van der Waals surface area contributed by atoms with Crippen molar-refractivity contribution in [3.63, 3.8) is 0 Å². The van der Waals surface area contributed by atoms with Crippen molar-refractivity contribution in [3.8, 4) is 11.3 Å². The maximum absolute atomic E-state index is 13.7. The summed E-state index contributed by atoms with van der Waals surface area (Å²) in [6, 6.07) is 14.1. The Bertz CT molecular complexity index is 2730. The second-order valence-electron chi connectivity index (χ2n) is 17.2. The Morgan fingerprint density at radius 2 is 1.62 bits per heavy atom. The lowest BCUT2D eigenvalue weighted by Gasteiger charge is -2.37. The van der Waals surface area contributed by atoms with Crippen molar-refractivity contribution in [2.45, 2.75) is 45.2 Å². The van der Waals surface area contributed by atoms with Crippen molar-refractivity contribution >= 4 is 57.7 Å². The van der Waals surface area contributed by atoms with Crippen molar-refractivity contribution in [2.75, 3.05) is 92.5 Å². The second kappa shape index (κ2) is 16.6. The van der Waals surface area contributed by atoms with Crippen LogP contribution in [0.5, 0.6) is 0 Å². The molecule has 0 bridgehead atoms. The Morgan fingerprint density at radius 1 is 0.891 bits per heavy atom. The van der Waals surface area contributed by atoms with Gasteiger partial charge in [0.1, 0.15) is 17.6 Å². The van der Waals surface area contributed by atoms with Gasteiger partial charge in [-0.3, -0.25) is 39.0 Å². The molecule has 64 heavy (non-hydrogen) atoms. The average molecular weight is 866 g/mol. The molecule has 0 radical (unpaired) electrons. The molecule has 330 valence electrons. The lowest BCUT2D eigenvalue weighted by atomic mass is 10.0. The van der Waals surface area contributed by atoms with E-state index < -0.39 is 17.9 Å². The van der Waals surface area contributed by atoms with Crippen LogP contribution in [0.25, 0.3) is 22.2 Å². The van der Waals surface area contributed by atoms with E-state index in [1.54, 1.807) is 10.7 Å². The number of rotatable bonds is 10. The molecular weight excluding hydrogens is 815 g/mol. The number of allylic oxidation sites excluding steroid dienone is 2. The van der Waals surface area contributed by atoms with Gasteiger partial charge in [0.05, 0.1) is 28.3 Å². The van der Waals surface area contributed by atoms with Crippen LogP contribution in [0.3, 0.4) is 0 Å². The van der Waals surface area contributed by atoms with Crippen molar-refractivity contribution < 1.29 is 19.2 Å². The predicted octanol–water partition coefficient (Wildman–Crippen LogP) is 3.26. The molecule has 3 aromatic heterocycles. The first-order valence-corrected chi connectivity index (χ1v) is 22.0. The summed E-state index contributed by atoms with van der Waals surface area (Å²) >= 11 is 0. The van der Waals surface area contributed by atoms with Crippen LogP contribution in [0, 0.1) is 0 Å². The number of carbonyl (C=O) groups excluding carboxylic acids is 4. The largest absolute Gasteiger partial charge is 0.369 e. The van der Waals surface area contributed by atoms with Gasteiger partial charge < -0.3 is 25.3 Å². The number of carbonyl (C=O) groups is 4. The molecule has 3 N–H and O–H groups in total. The highest BCUT2D eigenvalue weighted by atomic mass is 16.2. The fourth-order valence-corrected chi connectivity index (χ4v) is 9.70. The van der Waals surface area contributed by atoms with E-state index in [0.29, 0.717) is 46.9 Å². The SMILES string of the molecule is C=C1CCC(N2C(=O)c3ccc(N4CCN(CCCN5CCN(c6cc(-c7n[nH]c8ccc(NC(=O)C9=C(C)N(C)c%10nnnn%10[C@@H]9C)cc78)ccn6)CC5)CC4)cc3C2=O)C(=O)N1. The van der Waals surface area contributed by atoms with Gasteiger partial charge in [-0.05, 0) is 105 Å². The number of amides is 4. The number of piperidine rings is 1. The van der Waals surface area contributed by atoms with Gasteiger partial charge in [0, 0.05) is 99.3 Å². The number of pyridine rings is 1. The summed E-state index contributed by atoms with van der Waals surface area (Å²) in [4.78, 5) is 70.2. The van der Waals surface area contributed by atoms with Gasteiger partial charge in [0.15, 0.2) is 0 Å². The molecule has 3 fully saturated rings. The monoisotopic (exact) mass is 865 g/mol. The molecule has 8 heterocycles. The molecule has 4 amide bonds. The number of benzene rings is 2. The molecule has 2 atom stereocenters. The van der Waals surface area contributed by atoms with Crippen LogP contribution in [0.2, 0.25) is 0 Å². The summed E-state index contributed by atoms with van der Waals surface area (Å²) in [6.07, 6.45) is 3.83. The predicted molar refractivity (Wildman–Crippen MR) is 241 cm³/mol. The van der Waals surface area contributed by atoms with Gasteiger partial charge in [-0.25, -0.2) is 9.67 Å². The van der Waals surface area contributed by atoms with Crippen molar-refractivity contribution in [3.05, 3.63) is 89.4 Å². The van der Waals surface area contributed by atoms with Crippen LogP contribution in [-0.2, 0) is 9.59 Å². The molecule has 5 aromatic rings. The lowest BCUT2D eigenvalue weighted by Crippen LogP contribution is -2.51. The van der Waals surface area contributed by atoms with Crippen molar-refractivity contribution in [1.82, 2.24) is 55.4 Å². The fraction of sp³-hybridized carbons (Fsp3) is 0.400. The van der Waals surface area contributed by atoms with E-state index in [9.17, 15) is 19.2 Å². The highest BCUT2D eigenvalue weighted by molar-refractivity contribution is 6.23. The first-order chi connectivity index (χ1) is 31.0. The minimum atomic E-state index is -0.814. The van der Waals surface area contributed by atoms with E-state index in [2.05, 4.69) is 68.6 Å². The molecule has 10 rings (SSSR count). The third-order valence-corrected chi connectivity index (χ3v) is 13.5. The van der Waals surface area contributed by atoms with E-state index in [1.165, 1.54) is 0 Å². The average Bonchev–Trinajstić information content (AvgIpc) is 4.03. The second-order valence-corrected chi connectivity index (χ2v) is 17.2. The number of nitrogens with zero attached hydrogens (tertiary/aromatic N) is 12. The Balaban J connectivity index is 0.699. The summed E-state index contributed by atoms with van der Waals surface area (Å²) in [5.74, 6) is 0.121. The Morgan fingerprint density at radius 3 is 2.38 bits per heavy atom. The number of fused-ring (bicyclic) bond motifs is 3. The van der Waals surface area contributed by atoms with Crippen LogP contribution < -0.4 is 25.3 Å². The molecule has 0 saturated carbocycles. The quantitative estimate of drug-likeness (QED) is 0.173. The smallest absolute Gasteiger partial charge is 0.262 e. The van der Waals surface area contributed by atoms with E-state index in [-0.39, 0.29) is 17.9 Å². The number of tetrazole rings is 1. The first-order valence-electron chi connectivity index (χ1n) is 22.0. The summed E-state index contributed by atoms with van der Waals surface area (Å²) in [6.45, 7) is 16.8. The zero-order valence-electron chi connectivity index (χ0n) is 36.2. The number of nitrogens with one attached hydrogen (secondary N) is 3. The summed E-state index contributed by atoms with van der Waals surface area (Å²) in [5.41, 5.74) is 6.89. The van der Waals surface area contributed by atoms with Gasteiger partial charge in [0.2, 0.25) is 11.9 Å². The number of hydrogen-bond donors (Lipinski definition) is 3. The van der Waals surface area contributed by atoms with Crippen LogP contribution in [0.4, 0.5) is 23.1 Å². The van der Waals surface area contributed by atoms with E-state index in [0.717, 1.165) is 116 Å². The van der Waals surface area contributed by atoms with Crippen molar-refractivity contribution in [1.29, 1.82) is 0 Å². The minimum absolute atomic E-state index is 0.215. The molecule has 1 unspecified atom stereocenters. The molecule has 19 heteroatoms. The molecule has 2 aromatic carbocycles. The first kappa shape index (κ1) is 41.0. The fourth-order valence-electron chi connectivity index (χ4n) is 9.70. The lowest BCUT2D eigenvalue weighted by molar-refractivity contribution is -0.125. The number of piperazine rings is 2. The van der Waals surface area contributed by atoms with E-state index >= 15 is 0 Å². The van der Waals surface area contributed by atoms with Gasteiger partial charge in [-0.1, -0.05) is 11.7 Å². The number of H-pyrrole nitrogens is 1. The summed E-state index contributed by atoms with van der Waals surface area (Å²) < 4.78 is 1.65. The zero-order valence-corrected chi connectivity index (χ0v) is 36.2. The minimum Gasteiger partial charge on any atom is -0.369 e. The molecule has 5 aliphatic rings. The molecular formula is C45H51N15O4. The maximum atomic E-state index is 13.7. The number of anilines is 4. The van der Waals surface area contributed by atoms with Gasteiger partial charge in [-0.2, -0.15) is 5.10 Å². The van der Waals surface area contributed by atoms with E-state index in [4.69, 9.17) is 4.98 Å². The third-order valence-electron chi connectivity index (χ3n) is 13.5. The molecule has 5 aliphatic heterocycles. The molecule has 3 saturated heterocycles. The topological polar surface area (TPSA) is 197 Å². The normalized spacial score (nSPS) is 20.9.